The van der Waals surface area contributed by atoms with Gasteiger partial charge < -0.3 is 5.73 Å². The molecule has 2 N–H and O–H groups in total. The largest absolute Gasteiger partial charge is 0.326 e. The third kappa shape index (κ3) is 2.66. The van der Waals surface area contributed by atoms with Crippen LogP contribution >= 0.6 is 0 Å². The quantitative estimate of drug-likeness (QED) is 0.805. The zero-order chi connectivity index (χ0) is 11.6. The number of hydrogen-bond acceptors (Lipinski definition) is 4. The number of aromatic nitrogens is 1. The molecule has 5 nitrogen and oxygen atoms in total. The number of rotatable bonds is 3. The van der Waals surface area contributed by atoms with Gasteiger partial charge in [-0.1, -0.05) is 0 Å². The SMILES string of the molecule is Cc1ncc(N(C)S(C)(=O)=O)cc1CN. The van der Waals surface area contributed by atoms with Gasteiger partial charge in [0, 0.05) is 19.3 Å². The van der Waals surface area contributed by atoms with Gasteiger partial charge in [0.25, 0.3) is 0 Å². The molecule has 0 saturated carbocycles. The van der Waals surface area contributed by atoms with E-state index in [0.29, 0.717) is 12.2 Å². The van der Waals surface area contributed by atoms with Crippen LogP contribution in [0, 0.1) is 6.92 Å². The van der Waals surface area contributed by atoms with Crippen molar-refractivity contribution in [2.45, 2.75) is 13.5 Å². The smallest absolute Gasteiger partial charge is 0.232 e. The van der Waals surface area contributed by atoms with Crippen molar-refractivity contribution in [1.29, 1.82) is 0 Å². The third-order valence-electron chi connectivity index (χ3n) is 2.26. The Morgan fingerprint density at radius 3 is 2.60 bits per heavy atom. The second-order valence-electron chi connectivity index (χ2n) is 3.37. The van der Waals surface area contributed by atoms with Gasteiger partial charge in [0.05, 0.1) is 18.1 Å². The molecule has 0 unspecified atom stereocenters. The highest BCUT2D eigenvalue weighted by atomic mass is 32.2. The molecule has 84 valence electrons. The molecule has 0 aromatic carbocycles. The van der Waals surface area contributed by atoms with Gasteiger partial charge in [0.1, 0.15) is 0 Å². The molecule has 0 fully saturated rings. The summed E-state index contributed by atoms with van der Waals surface area (Å²) in [4.78, 5) is 4.10. The molecule has 0 radical (unpaired) electrons. The summed E-state index contributed by atoms with van der Waals surface area (Å²) in [7, 11) is -1.75. The Balaban J connectivity index is 3.17. The monoisotopic (exact) mass is 229 g/mol. The van der Waals surface area contributed by atoms with Gasteiger partial charge in [-0.3, -0.25) is 9.29 Å². The molecule has 1 aromatic heterocycles. The predicted octanol–water partition coefficient (Wildman–Crippen LogP) is 0.245. The van der Waals surface area contributed by atoms with E-state index in [4.69, 9.17) is 5.73 Å². The standard InChI is InChI=1S/C9H15N3O2S/c1-7-8(5-10)4-9(6-11-7)12(2)15(3,13)14/h4,6H,5,10H2,1-3H3. The van der Waals surface area contributed by atoms with E-state index in [-0.39, 0.29) is 0 Å². The minimum Gasteiger partial charge on any atom is -0.326 e. The number of sulfonamides is 1. The second-order valence-corrected chi connectivity index (χ2v) is 5.39. The van der Waals surface area contributed by atoms with Crippen LogP contribution in [0.5, 0.6) is 0 Å². The van der Waals surface area contributed by atoms with E-state index < -0.39 is 10.0 Å². The summed E-state index contributed by atoms with van der Waals surface area (Å²) in [5, 5.41) is 0. The molecule has 1 heterocycles. The molecule has 0 amide bonds. The Morgan fingerprint density at radius 1 is 1.53 bits per heavy atom. The van der Waals surface area contributed by atoms with Crippen molar-refractivity contribution < 1.29 is 8.42 Å². The number of aryl methyl sites for hydroxylation is 1. The molecule has 0 aliphatic heterocycles. The zero-order valence-electron chi connectivity index (χ0n) is 9.06. The average molecular weight is 229 g/mol. The van der Waals surface area contributed by atoms with Crippen molar-refractivity contribution in [2.24, 2.45) is 5.73 Å². The minimum atomic E-state index is -3.24. The van der Waals surface area contributed by atoms with Crippen molar-refractivity contribution in [2.75, 3.05) is 17.6 Å². The summed E-state index contributed by atoms with van der Waals surface area (Å²) in [6.07, 6.45) is 2.67. The number of anilines is 1. The molecular weight excluding hydrogens is 214 g/mol. The normalized spacial score (nSPS) is 11.5. The second kappa shape index (κ2) is 4.16. The Morgan fingerprint density at radius 2 is 2.13 bits per heavy atom. The molecule has 0 aliphatic rings. The Hall–Kier alpha value is -1.14. The van der Waals surface area contributed by atoms with Gasteiger partial charge in [0.2, 0.25) is 10.0 Å². The lowest BCUT2D eigenvalue weighted by Gasteiger charge is -2.17. The van der Waals surface area contributed by atoms with E-state index >= 15 is 0 Å². The first-order chi connectivity index (χ1) is 6.86. The third-order valence-corrected chi connectivity index (χ3v) is 3.46. The Labute approximate surface area is 90.0 Å². The van der Waals surface area contributed by atoms with Crippen LogP contribution in [0.15, 0.2) is 12.3 Å². The number of pyridine rings is 1. The predicted molar refractivity (Wildman–Crippen MR) is 60.1 cm³/mol. The van der Waals surface area contributed by atoms with Crippen molar-refractivity contribution in [3.8, 4) is 0 Å². The van der Waals surface area contributed by atoms with E-state index in [9.17, 15) is 8.42 Å². The Bertz CT molecular complexity index is 456. The van der Waals surface area contributed by atoms with Crippen LogP contribution in [0.2, 0.25) is 0 Å². The fourth-order valence-corrected chi connectivity index (χ4v) is 1.62. The molecule has 0 bridgehead atoms. The van der Waals surface area contributed by atoms with Crippen LogP contribution in [0.3, 0.4) is 0 Å². The lowest BCUT2D eigenvalue weighted by molar-refractivity contribution is 0.600. The molecular formula is C9H15N3O2S. The fourth-order valence-electron chi connectivity index (χ4n) is 1.14. The summed E-state index contributed by atoms with van der Waals surface area (Å²) in [6.45, 7) is 2.19. The van der Waals surface area contributed by atoms with Crippen LogP contribution in [0.25, 0.3) is 0 Å². The molecule has 0 saturated heterocycles. The average Bonchev–Trinajstić information content (AvgIpc) is 2.16. The van der Waals surface area contributed by atoms with Crippen LogP contribution in [-0.2, 0) is 16.6 Å². The molecule has 1 aromatic rings. The van der Waals surface area contributed by atoms with E-state index in [1.165, 1.54) is 17.5 Å². The topological polar surface area (TPSA) is 76.3 Å². The van der Waals surface area contributed by atoms with Crippen molar-refractivity contribution >= 4 is 15.7 Å². The van der Waals surface area contributed by atoms with E-state index in [1.807, 2.05) is 6.92 Å². The molecule has 6 heteroatoms. The first kappa shape index (κ1) is 11.9. The Kier molecular flexibility index (Phi) is 3.31. The van der Waals surface area contributed by atoms with Crippen LogP contribution in [0.1, 0.15) is 11.3 Å². The van der Waals surface area contributed by atoms with Crippen molar-refractivity contribution in [3.05, 3.63) is 23.5 Å². The molecule has 0 spiro atoms. The maximum absolute atomic E-state index is 11.3. The fraction of sp³-hybridized carbons (Fsp3) is 0.444. The van der Waals surface area contributed by atoms with E-state index in [0.717, 1.165) is 17.5 Å². The first-order valence-corrected chi connectivity index (χ1v) is 6.30. The van der Waals surface area contributed by atoms with Gasteiger partial charge in [-0.2, -0.15) is 0 Å². The molecule has 15 heavy (non-hydrogen) atoms. The van der Waals surface area contributed by atoms with E-state index in [1.54, 1.807) is 6.07 Å². The van der Waals surface area contributed by atoms with E-state index in [2.05, 4.69) is 4.98 Å². The van der Waals surface area contributed by atoms with Crippen molar-refractivity contribution in [3.63, 3.8) is 0 Å². The van der Waals surface area contributed by atoms with Crippen LogP contribution < -0.4 is 10.0 Å². The van der Waals surface area contributed by atoms with Crippen LogP contribution in [0.4, 0.5) is 5.69 Å². The van der Waals surface area contributed by atoms with Crippen LogP contribution in [-0.4, -0.2) is 26.7 Å². The summed E-state index contributed by atoms with van der Waals surface area (Å²) in [5.74, 6) is 0. The number of nitrogens with two attached hydrogens (primary N) is 1. The summed E-state index contributed by atoms with van der Waals surface area (Å²) < 4.78 is 23.7. The number of hydrogen-bond donors (Lipinski definition) is 1. The summed E-state index contributed by atoms with van der Waals surface area (Å²) >= 11 is 0. The van der Waals surface area contributed by atoms with Gasteiger partial charge in [-0.25, -0.2) is 8.42 Å². The highest BCUT2D eigenvalue weighted by Crippen LogP contribution is 2.17. The number of nitrogens with zero attached hydrogens (tertiary/aromatic N) is 2. The van der Waals surface area contributed by atoms with Gasteiger partial charge in [0.15, 0.2) is 0 Å². The first-order valence-electron chi connectivity index (χ1n) is 4.45. The summed E-state index contributed by atoms with van der Waals surface area (Å²) in [5.41, 5.74) is 7.72. The zero-order valence-corrected chi connectivity index (χ0v) is 9.87. The summed E-state index contributed by atoms with van der Waals surface area (Å²) in [6, 6.07) is 1.74. The molecule has 1 rings (SSSR count). The van der Waals surface area contributed by atoms with Crippen molar-refractivity contribution in [1.82, 2.24) is 4.98 Å². The van der Waals surface area contributed by atoms with Gasteiger partial charge in [-0.15, -0.1) is 0 Å². The maximum Gasteiger partial charge on any atom is 0.232 e. The van der Waals surface area contributed by atoms with Gasteiger partial charge >= 0.3 is 0 Å². The minimum absolute atomic E-state index is 0.351. The maximum atomic E-state index is 11.3. The lowest BCUT2D eigenvalue weighted by Crippen LogP contribution is -2.25. The highest BCUT2D eigenvalue weighted by Gasteiger charge is 2.13. The lowest BCUT2D eigenvalue weighted by atomic mass is 10.2. The molecule has 0 aliphatic carbocycles. The molecule has 0 atom stereocenters. The van der Waals surface area contributed by atoms with Gasteiger partial charge in [-0.05, 0) is 18.6 Å². The highest BCUT2D eigenvalue weighted by molar-refractivity contribution is 7.92.